The molecule has 1 aliphatic heterocycles. The Bertz CT molecular complexity index is 768. The van der Waals surface area contributed by atoms with Crippen molar-refractivity contribution in [2.75, 3.05) is 0 Å². The summed E-state index contributed by atoms with van der Waals surface area (Å²) in [5, 5.41) is 31.5. The molecule has 23 heavy (non-hydrogen) atoms. The Kier molecular flexibility index (Phi) is 4.12. The molecular weight excluding hydrogens is 306 g/mol. The zero-order valence-electron chi connectivity index (χ0n) is 12.3. The van der Waals surface area contributed by atoms with E-state index in [2.05, 4.69) is 0 Å². The number of rotatable bonds is 3. The van der Waals surface area contributed by atoms with Gasteiger partial charge in [0.1, 0.15) is 0 Å². The van der Waals surface area contributed by atoms with Gasteiger partial charge in [-0.25, -0.2) is 9.69 Å². The van der Waals surface area contributed by atoms with Crippen molar-refractivity contribution < 1.29 is 19.7 Å². The summed E-state index contributed by atoms with van der Waals surface area (Å²) < 4.78 is 0. The molecule has 0 spiro atoms. The molecule has 1 unspecified atom stereocenters. The number of allylic oxidation sites excluding steroid dienone is 3. The Balaban J connectivity index is 2.61. The third kappa shape index (κ3) is 2.89. The number of hydrogen-bond donors (Lipinski definition) is 1. The first-order valence-corrected chi connectivity index (χ1v) is 6.55. The highest BCUT2D eigenvalue weighted by Gasteiger charge is 2.37. The summed E-state index contributed by atoms with van der Waals surface area (Å²) in [6.45, 7) is 2.85. The summed E-state index contributed by atoms with van der Waals surface area (Å²) in [4.78, 5) is 33.1. The molecule has 9 heteroatoms. The molecule has 0 saturated heterocycles. The number of non-ortho nitro benzene ring substituents is 1. The van der Waals surface area contributed by atoms with Crippen molar-refractivity contribution in [3.05, 3.63) is 73.2 Å². The van der Waals surface area contributed by atoms with Gasteiger partial charge in [0.2, 0.25) is 0 Å². The molecule has 0 aromatic heterocycles. The molecule has 0 fully saturated rings. The Hall–Kier alpha value is -3.23. The van der Waals surface area contributed by atoms with E-state index in [9.17, 15) is 30.1 Å². The van der Waals surface area contributed by atoms with E-state index in [0.717, 1.165) is 4.90 Å². The van der Waals surface area contributed by atoms with Crippen LogP contribution in [0.3, 0.4) is 0 Å². The maximum Gasteiger partial charge on any atom is 0.416 e. The SMILES string of the molecule is CC1=CC(c2cccc([N+](=O)[O-])c2)C([N+](=O)[O-])=C(C)N1C(=O)O. The highest BCUT2D eigenvalue weighted by molar-refractivity contribution is 5.71. The first-order chi connectivity index (χ1) is 10.7. The second kappa shape index (κ2) is 5.87. The van der Waals surface area contributed by atoms with Gasteiger partial charge in [0, 0.05) is 17.8 Å². The molecular formula is C14H13N3O6. The lowest BCUT2D eigenvalue weighted by Gasteiger charge is -2.27. The highest BCUT2D eigenvalue weighted by Crippen LogP contribution is 2.37. The molecule has 0 saturated carbocycles. The summed E-state index contributed by atoms with van der Waals surface area (Å²) in [7, 11) is 0. The van der Waals surface area contributed by atoms with Gasteiger partial charge in [-0.05, 0) is 25.5 Å². The van der Waals surface area contributed by atoms with Crippen molar-refractivity contribution in [1.82, 2.24) is 4.90 Å². The van der Waals surface area contributed by atoms with E-state index in [1.807, 2.05) is 0 Å². The van der Waals surface area contributed by atoms with Crippen molar-refractivity contribution in [3.8, 4) is 0 Å². The molecule has 120 valence electrons. The predicted molar refractivity (Wildman–Crippen MR) is 79.2 cm³/mol. The number of nitro benzene ring substituents is 1. The first-order valence-electron chi connectivity index (χ1n) is 6.55. The van der Waals surface area contributed by atoms with E-state index in [0.29, 0.717) is 11.3 Å². The summed E-state index contributed by atoms with van der Waals surface area (Å²) in [6, 6.07) is 5.51. The van der Waals surface area contributed by atoms with Gasteiger partial charge in [-0.1, -0.05) is 12.1 Å². The number of nitrogens with zero attached hydrogens (tertiary/aromatic N) is 3. The number of nitro groups is 2. The lowest BCUT2D eigenvalue weighted by molar-refractivity contribution is -0.431. The summed E-state index contributed by atoms with van der Waals surface area (Å²) in [5.74, 6) is -0.861. The summed E-state index contributed by atoms with van der Waals surface area (Å²) in [6.07, 6.45) is 0.0892. The van der Waals surface area contributed by atoms with E-state index >= 15 is 0 Å². The van der Waals surface area contributed by atoms with Gasteiger partial charge in [0.05, 0.1) is 21.5 Å². The molecule has 1 amide bonds. The van der Waals surface area contributed by atoms with E-state index in [1.165, 1.54) is 44.2 Å². The lowest BCUT2D eigenvalue weighted by Crippen LogP contribution is -2.32. The van der Waals surface area contributed by atoms with Gasteiger partial charge < -0.3 is 5.11 Å². The fourth-order valence-corrected chi connectivity index (χ4v) is 2.62. The minimum absolute atomic E-state index is 0.0287. The highest BCUT2D eigenvalue weighted by atomic mass is 16.6. The summed E-state index contributed by atoms with van der Waals surface area (Å²) in [5.41, 5.74) is 0.124. The number of amides is 1. The molecule has 0 radical (unpaired) electrons. The summed E-state index contributed by atoms with van der Waals surface area (Å²) >= 11 is 0. The van der Waals surface area contributed by atoms with Gasteiger partial charge in [-0.15, -0.1) is 0 Å². The monoisotopic (exact) mass is 319 g/mol. The second-order valence-electron chi connectivity index (χ2n) is 4.98. The molecule has 1 heterocycles. The average Bonchev–Trinajstić information content (AvgIpc) is 2.45. The lowest BCUT2D eigenvalue weighted by atomic mass is 9.90. The van der Waals surface area contributed by atoms with E-state index in [4.69, 9.17) is 0 Å². The Morgan fingerprint density at radius 2 is 1.87 bits per heavy atom. The van der Waals surface area contributed by atoms with Crippen LogP contribution in [0.5, 0.6) is 0 Å². The maximum atomic E-state index is 11.4. The van der Waals surface area contributed by atoms with E-state index < -0.39 is 21.9 Å². The third-order valence-corrected chi connectivity index (χ3v) is 3.59. The fraction of sp³-hybridized carbons (Fsp3) is 0.214. The average molecular weight is 319 g/mol. The molecule has 1 aromatic carbocycles. The van der Waals surface area contributed by atoms with E-state index in [1.54, 1.807) is 0 Å². The molecule has 9 nitrogen and oxygen atoms in total. The van der Waals surface area contributed by atoms with Crippen molar-refractivity contribution in [1.29, 1.82) is 0 Å². The number of carboxylic acid groups (broad SMARTS) is 1. The van der Waals surface area contributed by atoms with Crippen LogP contribution in [0.25, 0.3) is 0 Å². The molecule has 1 aliphatic rings. The van der Waals surface area contributed by atoms with Crippen molar-refractivity contribution in [2.45, 2.75) is 19.8 Å². The van der Waals surface area contributed by atoms with Crippen molar-refractivity contribution >= 4 is 11.8 Å². The zero-order valence-corrected chi connectivity index (χ0v) is 12.3. The third-order valence-electron chi connectivity index (χ3n) is 3.59. The van der Waals surface area contributed by atoms with Crippen LogP contribution < -0.4 is 0 Å². The van der Waals surface area contributed by atoms with Crippen LogP contribution in [0.15, 0.2) is 47.4 Å². The Labute approximate surface area is 130 Å². The molecule has 0 bridgehead atoms. The quantitative estimate of drug-likeness (QED) is 0.673. The van der Waals surface area contributed by atoms with Gasteiger partial charge in [-0.3, -0.25) is 20.2 Å². The molecule has 0 aliphatic carbocycles. The van der Waals surface area contributed by atoms with Crippen LogP contribution in [-0.4, -0.2) is 25.9 Å². The van der Waals surface area contributed by atoms with Gasteiger partial charge in [-0.2, -0.15) is 0 Å². The molecule has 1 N–H and O–H groups in total. The van der Waals surface area contributed by atoms with Crippen LogP contribution in [0, 0.1) is 20.2 Å². The number of benzene rings is 1. The Morgan fingerprint density at radius 3 is 2.39 bits per heavy atom. The molecule has 1 atom stereocenters. The van der Waals surface area contributed by atoms with Gasteiger partial charge >= 0.3 is 6.09 Å². The standard InChI is InChI=1S/C14H13N3O6/c1-8-6-12(10-4-3-5-11(7-10)16(20)21)13(17(22)23)9(2)15(8)14(18)19/h3-7,12H,1-2H3,(H,18,19). The minimum atomic E-state index is -1.33. The Morgan fingerprint density at radius 1 is 1.22 bits per heavy atom. The van der Waals surface area contributed by atoms with Gasteiger partial charge in [0.15, 0.2) is 0 Å². The largest absolute Gasteiger partial charge is 0.464 e. The van der Waals surface area contributed by atoms with Crippen molar-refractivity contribution in [2.24, 2.45) is 0 Å². The molecule has 1 aromatic rings. The second-order valence-corrected chi connectivity index (χ2v) is 4.98. The zero-order chi connectivity index (χ0) is 17.3. The predicted octanol–water partition coefficient (Wildman–Crippen LogP) is 3.08. The minimum Gasteiger partial charge on any atom is -0.464 e. The first kappa shape index (κ1) is 16.1. The fourth-order valence-electron chi connectivity index (χ4n) is 2.62. The number of carbonyl (C=O) groups is 1. The normalized spacial score (nSPS) is 17.7. The van der Waals surface area contributed by atoms with Crippen LogP contribution in [0.4, 0.5) is 10.5 Å². The smallest absolute Gasteiger partial charge is 0.416 e. The van der Waals surface area contributed by atoms with Crippen LogP contribution in [-0.2, 0) is 0 Å². The van der Waals surface area contributed by atoms with Crippen LogP contribution in [0.2, 0.25) is 0 Å². The van der Waals surface area contributed by atoms with Crippen LogP contribution >= 0.6 is 0 Å². The van der Waals surface area contributed by atoms with Crippen molar-refractivity contribution in [3.63, 3.8) is 0 Å². The maximum absolute atomic E-state index is 11.4. The number of hydrogen-bond acceptors (Lipinski definition) is 5. The topological polar surface area (TPSA) is 127 Å². The molecule has 2 rings (SSSR count). The van der Waals surface area contributed by atoms with Crippen LogP contribution in [0.1, 0.15) is 25.3 Å². The van der Waals surface area contributed by atoms with E-state index in [-0.39, 0.29) is 17.1 Å². The van der Waals surface area contributed by atoms with Gasteiger partial charge in [0.25, 0.3) is 11.4 Å².